The summed E-state index contributed by atoms with van der Waals surface area (Å²) in [6.07, 6.45) is 1.69. The third kappa shape index (κ3) is 2.31. The molecule has 0 aliphatic heterocycles. The SMILES string of the molecule is Cc1ccc(Oc2ccc([NH])c(C)c2)cn1. The Morgan fingerprint density at radius 3 is 2.44 bits per heavy atom. The molecule has 1 aromatic heterocycles. The van der Waals surface area contributed by atoms with Gasteiger partial charge in [-0.25, -0.2) is 0 Å². The number of hydrogen-bond acceptors (Lipinski definition) is 2. The lowest BCUT2D eigenvalue weighted by Gasteiger charge is -2.07. The first kappa shape index (κ1) is 10.5. The number of benzene rings is 1. The zero-order valence-corrected chi connectivity index (χ0v) is 9.32. The van der Waals surface area contributed by atoms with Crippen LogP contribution < -0.4 is 10.5 Å². The van der Waals surface area contributed by atoms with Crippen LogP contribution in [0.1, 0.15) is 11.3 Å². The lowest BCUT2D eigenvalue weighted by Crippen LogP contribution is -1.87. The molecule has 1 aromatic carbocycles. The van der Waals surface area contributed by atoms with Gasteiger partial charge in [-0.1, -0.05) is 0 Å². The number of nitrogens with zero attached hydrogens (tertiary/aromatic N) is 1. The van der Waals surface area contributed by atoms with Gasteiger partial charge in [-0.2, -0.15) is 0 Å². The molecule has 0 saturated carbocycles. The van der Waals surface area contributed by atoms with E-state index >= 15 is 0 Å². The second-order valence-electron chi connectivity index (χ2n) is 3.71. The van der Waals surface area contributed by atoms with E-state index < -0.39 is 0 Å². The molecule has 0 saturated heterocycles. The Kier molecular flexibility index (Phi) is 2.77. The Morgan fingerprint density at radius 1 is 1.06 bits per heavy atom. The summed E-state index contributed by atoms with van der Waals surface area (Å²) < 4.78 is 5.62. The van der Waals surface area contributed by atoms with E-state index in [1.165, 1.54) is 0 Å². The second-order valence-corrected chi connectivity index (χ2v) is 3.71. The summed E-state index contributed by atoms with van der Waals surface area (Å²) in [5, 5.41) is 0. The van der Waals surface area contributed by atoms with Crippen molar-refractivity contribution in [3.63, 3.8) is 0 Å². The molecule has 0 fully saturated rings. The molecule has 1 heterocycles. The molecule has 2 rings (SSSR count). The maximum atomic E-state index is 7.56. The molecule has 1 radical (unpaired) electrons. The minimum atomic E-state index is 0.523. The smallest absolute Gasteiger partial charge is 0.145 e. The van der Waals surface area contributed by atoms with Crippen molar-refractivity contribution in [3.05, 3.63) is 47.8 Å². The highest BCUT2D eigenvalue weighted by Crippen LogP contribution is 2.24. The molecule has 0 aliphatic rings. The number of rotatable bonds is 2. The van der Waals surface area contributed by atoms with Crippen molar-refractivity contribution in [2.24, 2.45) is 0 Å². The van der Waals surface area contributed by atoms with Gasteiger partial charge in [0.25, 0.3) is 0 Å². The van der Waals surface area contributed by atoms with Crippen LogP contribution in [0.15, 0.2) is 36.5 Å². The van der Waals surface area contributed by atoms with Gasteiger partial charge in [0, 0.05) is 5.69 Å². The van der Waals surface area contributed by atoms with E-state index in [1.54, 1.807) is 18.3 Å². The molecule has 1 N–H and O–H groups in total. The maximum Gasteiger partial charge on any atom is 0.145 e. The Morgan fingerprint density at radius 2 is 1.81 bits per heavy atom. The third-order valence-electron chi connectivity index (χ3n) is 2.32. The van der Waals surface area contributed by atoms with Crippen LogP contribution in [0.2, 0.25) is 0 Å². The van der Waals surface area contributed by atoms with Crippen molar-refractivity contribution in [2.45, 2.75) is 13.8 Å². The van der Waals surface area contributed by atoms with Gasteiger partial charge in [-0.05, 0) is 49.7 Å². The van der Waals surface area contributed by atoms with Crippen LogP contribution in [0.25, 0.3) is 0 Å². The highest BCUT2D eigenvalue weighted by atomic mass is 16.5. The Labute approximate surface area is 94.9 Å². The molecule has 3 heteroatoms. The highest BCUT2D eigenvalue weighted by Gasteiger charge is 2.00. The fourth-order valence-corrected chi connectivity index (χ4v) is 1.35. The van der Waals surface area contributed by atoms with Crippen LogP contribution in [0, 0.1) is 13.8 Å². The van der Waals surface area contributed by atoms with Gasteiger partial charge in [-0.15, -0.1) is 0 Å². The molecule has 0 amide bonds. The number of hydrogen-bond donors (Lipinski definition) is 0. The van der Waals surface area contributed by atoms with Gasteiger partial charge in [0.15, 0.2) is 0 Å². The molecule has 0 atom stereocenters. The molecular formula is C13H13N2O. The first-order valence-corrected chi connectivity index (χ1v) is 5.08. The van der Waals surface area contributed by atoms with E-state index in [9.17, 15) is 0 Å². The zero-order valence-electron chi connectivity index (χ0n) is 9.32. The maximum absolute atomic E-state index is 7.56. The Balaban J connectivity index is 2.20. The van der Waals surface area contributed by atoms with Gasteiger partial charge < -0.3 is 10.5 Å². The van der Waals surface area contributed by atoms with Crippen molar-refractivity contribution in [1.29, 1.82) is 0 Å². The van der Waals surface area contributed by atoms with Crippen LogP contribution >= 0.6 is 0 Å². The third-order valence-corrected chi connectivity index (χ3v) is 2.32. The van der Waals surface area contributed by atoms with Crippen molar-refractivity contribution in [1.82, 2.24) is 10.7 Å². The molecule has 0 spiro atoms. The van der Waals surface area contributed by atoms with Crippen LogP contribution in [-0.2, 0) is 0 Å². The van der Waals surface area contributed by atoms with Gasteiger partial charge >= 0.3 is 0 Å². The fraction of sp³-hybridized carbons (Fsp3) is 0.154. The van der Waals surface area contributed by atoms with Crippen LogP contribution in [-0.4, -0.2) is 4.98 Å². The zero-order chi connectivity index (χ0) is 11.5. The molecule has 0 aliphatic carbocycles. The number of aromatic nitrogens is 1. The first-order chi connectivity index (χ1) is 7.65. The highest BCUT2D eigenvalue weighted by molar-refractivity contribution is 5.47. The van der Waals surface area contributed by atoms with E-state index in [0.717, 1.165) is 17.0 Å². The van der Waals surface area contributed by atoms with Gasteiger partial charge in [0.2, 0.25) is 0 Å². The minimum absolute atomic E-state index is 0.523. The average Bonchev–Trinajstić information content (AvgIpc) is 2.27. The van der Waals surface area contributed by atoms with Gasteiger partial charge in [0.05, 0.1) is 11.9 Å². The summed E-state index contributed by atoms with van der Waals surface area (Å²) in [4.78, 5) is 4.15. The quantitative estimate of drug-likeness (QED) is 0.767. The minimum Gasteiger partial charge on any atom is -0.456 e. The first-order valence-electron chi connectivity index (χ1n) is 5.08. The van der Waals surface area contributed by atoms with Crippen LogP contribution in [0.3, 0.4) is 0 Å². The van der Waals surface area contributed by atoms with Crippen molar-refractivity contribution in [2.75, 3.05) is 0 Å². The lowest BCUT2D eigenvalue weighted by atomic mass is 10.2. The summed E-state index contributed by atoms with van der Waals surface area (Å²) in [5.41, 5.74) is 9.94. The number of aryl methyl sites for hydroxylation is 2. The van der Waals surface area contributed by atoms with E-state index in [0.29, 0.717) is 11.4 Å². The van der Waals surface area contributed by atoms with E-state index in [1.807, 2.05) is 32.0 Å². The monoisotopic (exact) mass is 213 g/mol. The summed E-state index contributed by atoms with van der Waals surface area (Å²) in [5.74, 6) is 1.45. The number of pyridine rings is 1. The number of ether oxygens (including phenoxy) is 1. The molecule has 3 nitrogen and oxygen atoms in total. The van der Waals surface area contributed by atoms with E-state index in [4.69, 9.17) is 10.5 Å². The summed E-state index contributed by atoms with van der Waals surface area (Å²) in [6, 6.07) is 9.15. The van der Waals surface area contributed by atoms with Crippen molar-refractivity contribution < 1.29 is 4.74 Å². The Hall–Kier alpha value is -2.03. The summed E-state index contributed by atoms with van der Waals surface area (Å²) in [6.45, 7) is 3.82. The van der Waals surface area contributed by atoms with Crippen LogP contribution in [0.5, 0.6) is 11.5 Å². The van der Waals surface area contributed by atoms with Crippen molar-refractivity contribution >= 4 is 5.69 Å². The predicted octanol–water partition coefficient (Wildman–Crippen LogP) is 3.41. The van der Waals surface area contributed by atoms with Crippen molar-refractivity contribution in [3.8, 4) is 11.5 Å². The molecular weight excluding hydrogens is 200 g/mol. The van der Waals surface area contributed by atoms with Gasteiger partial charge in [0.1, 0.15) is 11.5 Å². The average molecular weight is 213 g/mol. The molecule has 0 unspecified atom stereocenters. The van der Waals surface area contributed by atoms with E-state index in [-0.39, 0.29) is 0 Å². The van der Waals surface area contributed by atoms with Crippen LogP contribution in [0.4, 0.5) is 5.69 Å². The van der Waals surface area contributed by atoms with Gasteiger partial charge in [-0.3, -0.25) is 4.98 Å². The largest absolute Gasteiger partial charge is 0.456 e. The molecule has 0 bridgehead atoms. The number of nitrogens with one attached hydrogen (secondary N) is 1. The molecule has 81 valence electrons. The predicted molar refractivity (Wildman–Crippen MR) is 63.0 cm³/mol. The lowest BCUT2D eigenvalue weighted by molar-refractivity contribution is 0.479. The summed E-state index contributed by atoms with van der Waals surface area (Å²) >= 11 is 0. The fourth-order valence-electron chi connectivity index (χ4n) is 1.35. The standard InChI is InChI=1S/C13H13N2O/c1-9-7-11(5-6-13(9)14)16-12-4-3-10(2)15-8-12/h3-8,14H,1-2H3. The normalized spacial score (nSPS) is 10.1. The van der Waals surface area contributed by atoms with E-state index in [2.05, 4.69) is 4.98 Å². The molecule has 16 heavy (non-hydrogen) atoms. The second kappa shape index (κ2) is 4.23. The Bertz CT molecular complexity index is 492. The topological polar surface area (TPSA) is 45.9 Å². The molecule has 2 aromatic rings. The summed E-state index contributed by atoms with van der Waals surface area (Å²) in [7, 11) is 0.